The van der Waals surface area contributed by atoms with Crippen LogP contribution in [0, 0.1) is 23.7 Å². The SMILES string of the molecule is CCCOC(=O)c1c(C#Cc2ccc(OC)c(C(=O)OC)c2)c(O)c(O)c(O)c1C#Cc1ccc(OC)c(C(=O)OC)c1. The molecule has 0 saturated heterocycles. The molecular weight excluding hydrogens is 560 g/mol. The highest BCUT2D eigenvalue weighted by Crippen LogP contribution is 2.43. The maximum atomic E-state index is 13.2. The lowest BCUT2D eigenvalue weighted by Crippen LogP contribution is -2.11. The average Bonchev–Trinajstić information content (AvgIpc) is 3.03. The summed E-state index contributed by atoms with van der Waals surface area (Å²) in [5.41, 5.74) is -0.500. The fraction of sp³-hybridized carbons (Fsp3) is 0.219. The van der Waals surface area contributed by atoms with Gasteiger partial charge in [0.15, 0.2) is 11.5 Å². The first-order valence-corrected chi connectivity index (χ1v) is 12.7. The maximum Gasteiger partial charge on any atom is 0.341 e. The Balaban J connectivity index is 2.27. The van der Waals surface area contributed by atoms with E-state index in [4.69, 9.17) is 23.7 Å². The van der Waals surface area contributed by atoms with Crippen molar-refractivity contribution in [2.75, 3.05) is 35.0 Å². The molecular formula is C32H28O11. The number of hydrogen-bond acceptors (Lipinski definition) is 11. The zero-order valence-electron chi connectivity index (χ0n) is 24.0. The van der Waals surface area contributed by atoms with E-state index >= 15 is 0 Å². The van der Waals surface area contributed by atoms with E-state index in [2.05, 4.69) is 23.7 Å². The van der Waals surface area contributed by atoms with E-state index in [1.807, 2.05) is 0 Å². The van der Waals surface area contributed by atoms with Crippen LogP contribution < -0.4 is 9.47 Å². The molecule has 0 aliphatic rings. The van der Waals surface area contributed by atoms with Crippen LogP contribution >= 0.6 is 0 Å². The molecule has 3 aromatic rings. The first kappa shape index (κ1) is 31.7. The van der Waals surface area contributed by atoms with Crippen molar-refractivity contribution in [3.63, 3.8) is 0 Å². The van der Waals surface area contributed by atoms with Crippen LogP contribution in [-0.2, 0) is 14.2 Å². The standard InChI is InChI=1S/C32H28O11/c1-6-15-43-32(38)26-20(11-7-18-9-13-24(39-2)22(16-18)30(36)41-4)27(33)29(35)28(34)21(26)12-8-19-10-14-25(40-3)23(17-19)31(37)42-5/h9-10,13-14,16-17,33-35H,6,15H2,1-5H3. The fourth-order valence-electron chi connectivity index (χ4n) is 3.80. The van der Waals surface area contributed by atoms with E-state index in [1.54, 1.807) is 6.92 Å². The van der Waals surface area contributed by atoms with Gasteiger partial charge in [-0.3, -0.25) is 0 Å². The zero-order chi connectivity index (χ0) is 31.7. The minimum Gasteiger partial charge on any atom is -0.503 e. The number of carbonyl (C=O) groups excluding carboxylic acids is 3. The van der Waals surface area contributed by atoms with Crippen molar-refractivity contribution >= 4 is 17.9 Å². The molecule has 0 aliphatic carbocycles. The number of benzene rings is 3. The number of esters is 3. The van der Waals surface area contributed by atoms with E-state index in [1.165, 1.54) is 64.8 Å². The predicted molar refractivity (Wildman–Crippen MR) is 153 cm³/mol. The minimum atomic E-state index is -0.976. The van der Waals surface area contributed by atoms with Gasteiger partial charge in [0.25, 0.3) is 0 Å². The van der Waals surface area contributed by atoms with Gasteiger partial charge in [0.1, 0.15) is 22.6 Å². The summed E-state index contributed by atoms with van der Waals surface area (Å²) in [6, 6.07) is 8.77. The van der Waals surface area contributed by atoms with Crippen molar-refractivity contribution in [1.29, 1.82) is 0 Å². The molecule has 0 radical (unpaired) electrons. The second kappa shape index (κ2) is 14.2. The smallest absolute Gasteiger partial charge is 0.341 e. The Bertz CT molecular complexity index is 1590. The molecule has 0 aliphatic heterocycles. The van der Waals surface area contributed by atoms with Gasteiger partial charge in [-0.15, -0.1) is 0 Å². The molecule has 0 unspecified atom stereocenters. The second-order valence-corrected chi connectivity index (χ2v) is 8.62. The van der Waals surface area contributed by atoms with Gasteiger partial charge >= 0.3 is 17.9 Å². The second-order valence-electron chi connectivity index (χ2n) is 8.62. The lowest BCUT2D eigenvalue weighted by molar-refractivity contribution is 0.0502. The number of aromatic hydroxyl groups is 3. The molecule has 0 aromatic heterocycles. The van der Waals surface area contributed by atoms with Crippen LogP contribution in [0.1, 0.15) is 66.7 Å². The molecule has 3 rings (SSSR count). The summed E-state index contributed by atoms with van der Waals surface area (Å²) in [6.07, 6.45) is 0.466. The molecule has 0 atom stereocenters. The van der Waals surface area contributed by atoms with Gasteiger partial charge in [-0.1, -0.05) is 30.6 Å². The zero-order valence-corrected chi connectivity index (χ0v) is 24.0. The Morgan fingerprint density at radius 3 is 1.47 bits per heavy atom. The Labute approximate surface area is 247 Å². The van der Waals surface area contributed by atoms with Crippen molar-refractivity contribution in [3.05, 3.63) is 75.3 Å². The van der Waals surface area contributed by atoms with Crippen molar-refractivity contribution in [2.45, 2.75) is 13.3 Å². The third-order valence-electron chi connectivity index (χ3n) is 5.94. The Hall–Kier alpha value is -5.81. The van der Waals surface area contributed by atoms with Crippen molar-refractivity contribution < 1.29 is 53.4 Å². The quantitative estimate of drug-likeness (QED) is 0.160. The summed E-state index contributed by atoms with van der Waals surface area (Å²) >= 11 is 0. The van der Waals surface area contributed by atoms with E-state index in [-0.39, 0.29) is 51.5 Å². The highest BCUT2D eigenvalue weighted by Gasteiger charge is 2.27. The molecule has 11 heteroatoms. The number of phenolic OH excluding ortho intramolecular Hbond substituents is 3. The predicted octanol–water partition coefficient (Wildman–Crippen LogP) is 3.76. The molecule has 0 amide bonds. The van der Waals surface area contributed by atoms with Crippen molar-refractivity contribution in [3.8, 4) is 52.4 Å². The normalized spacial score (nSPS) is 9.88. The van der Waals surface area contributed by atoms with Crippen LogP contribution in [-0.4, -0.2) is 68.3 Å². The third-order valence-corrected chi connectivity index (χ3v) is 5.94. The van der Waals surface area contributed by atoms with E-state index < -0.39 is 40.7 Å². The largest absolute Gasteiger partial charge is 0.503 e. The van der Waals surface area contributed by atoms with Crippen LogP contribution in [0.5, 0.6) is 28.7 Å². The third kappa shape index (κ3) is 6.92. The fourth-order valence-corrected chi connectivity index (χ4v) is 3.80. The van der Waals surface area contributed by atoms with Crippen LogP contribution in [0.3, 0.4) is 0 Å². The van der Waals surface area contributed by atoms with Crippen LogP contribution in [0.4, 0.5) is 0 Å². The van der Waals surface area contributed by atoms with Crippen molar-refractivity contribution in [1.82, 2.24) is 0 Å². The first-order chi connectivity index (χ1) is 20.6. The van der Waals surface area contributed by atoms with Crippen LogP contribution in [0.2, 0.25) is 0 Å². The average molecular weight is 589 g/mol. The van der Waals surface area contributed by atoms with Crippen LogP contribution in [0.25, 0.3) is 0 Å². The monoisotopic (exact) mass is 588 g/mol. The van der Waals surface area contributed by atoms with Gasteiger partial charge in [0.2, 0.25) is 5.75 Å². The molecule has 0 fully saturated rings. The summed E-state index contributed by atoms with van der Waals surface area (Å²) < 4.78 is 25.2. The van der Waals surface area contributed by atoms with Gasteiger partial charge < -0.3 is 39.0 Å². The topological polar surface area (TPSA) is 158 Å². The Kier molecular flexibility index (Phi) is 10.5. The van der Waals surface area contributed by atoms with Gasteiger partial charge in [-0.05, 0) is 42.8 Å². The summed E-state index contributed by atoms with van der Waals surface area (Å²) in [6.45, 7) is 1.77. The minimum absolute atomic E-state index is 0.00289. The van der Waals surface area contributed by atoms with E-state index in [0.717, 1.165) is 0 Å². The molecule has 0 heterocycles. The van der Waals surface area contributed by atoms with Crippen molar-refractivity contribution in [2.24, 2.45) is 0 Å². The summed E-state index contributed by atoms with van der Waals surface area (Å²) in [7, 11) is 5.17. The summed E-state index contributed by atoms with van der Waals surface area (Å²) in [4.78, 5) is 37.6. The number of hydrogen-bond donors (Lipinski definition) is 3. The summed E-state index contributed by atoms with van der Waals surface area (Å²) in [5.74, 6) is 6.06. The number of carbonyl (C=O) groups is 3. The molecule has 3 N–H and O–H groups in total. The number of methoxy groups -OCH3 is 4. The van der Waals surface area contributed by atoms with Crippen LogP contribution in [0.15, 0.2) is 36.4 Å². The van der Waals surface area contributed by atoms with E-state index in [9.17, 15) is 29.7 Å². The molecule has 11 nitrogen and oxygen atoms in total. The van der Waals surface area contributed by atoms with E-state index in [0.29, 0.717) is 6.42 Å². The van der Waals surface area contributed by atoms with Gasteiger partial charge in [-0.2, -0.15) is 0 Å². The number of phenols is 3. The first-order valence-electron chi connectivity index (χ1n) is 12.7. The number of ether oxygens (including phenoxy) is 5. The number of rotatable bonds is 7. The highest BCUT2D eigenvalue weighted by molar-refractivity contribution is 5.99. The van der Waals surface area contributed by atoms with Gasteiger partial charge in [0, 0.05) is 11.1 Å². The lowest BCUT2D eigenvalue weighted by atomic mass is 9.97. The van der Waals surface area contributed by atoms with Gasteiger partial charge in [-0.25, -0.2) is 14.4 Å². The molecule has 3 aromatic carbocycles. The summed E-state index contributed by atoms with van der Waals surface area (Å²) in [5, 5.41) is 32.0. The lowest BCUT2D eigenvalue weighted by Gasteiger charge is -2.13. The molecule has 0 spiro atoms. The highest BCUT2D eigenvalue weighted by atomic mass is 16.5. The molecule has 222 valence electrons. The maximum absolute atomic E-state index is 13.2. The Morgan fingerprint density at radius 1 is 0.651 bits per heavy atom. The van der Waals surface area contributed by atoms with Gasteiger partial charge in [0.05, 0.1) is 51.7 Å². The Morgan fingerprint density at radius 2 is 1.09 bits per heavy atom. The molecule has 0 saturated carbocycles. The molecule has 43 heavy (non-hydrogen) atoms. The molecule has 0 bridgehead atoms.